The number of amides is 1. The first-order valence-electron chi connectivity index (χ1n) is 8.53. The van der Waals surface area contributed by atoms with Gasteiger partial charge >= 0.3 is 11.8 Å². The number of aromatic amines is 1. The Bertz CT molecular complexity index is 900. The molecule has 0 spiro atoms. The minimum Gasteiger partial charge on any atom is -0.447 e. The van der Waals surface area contributed by atoms with Crippen molar-refractivity contribution in [2.75, 3.05) is 23.4 Å². The van der Waals surface area contributed by atoms with Crippen LogP contribution in [0.1, 0.15) is 38.4 Å². The van der Waals surface area contributed by atoms with Gasteiger partial charge in [0.05, 0.1) is 6.54 Å². The molecule has 8 heteroatoms. The molecule has 1 aromatic carbocycles. The maximum Gasteiger partial charge on any atom is 0.414 e. The van der Waals surface area contributed by atoms with Crippen molar-refractivity contribution >= 4 is 17.6 Å². The van der Waals surface area contributed by atoms with E-state index in [0.29, 0.717) is 19.0 Å². The van der Waals surface area contributed by atoms with Crippen LogP contribution in [0, 0.1) is 0 Å². The van der Waals surface area contributed by atoms with Crippen LogP contribution in [0.4, 0.5) is 16.3 Å². The lowest BCUT2D eigenvalue weighted by Crippen LogP contribution is -2.36. The molecule has 1 aliphatic rings. The molecule has 1 aliphatic heterocycles. The summed E-state index contributed by atoms with van der Waals surface area (Å²) in [5, 5.41) is 3.13. The third-order valence-corrected chi connectivity index (χ3v) is 4.30. The molecule has 1 saturated heterocycles. The van der Waals surface area contributed by atoms with Crippen molar-refractivity contribution in [3.8, 4) is 0 Å². The molecule has 8 nitrogen and oxygen atoms in total. The summed E-state index contributed by atoms with van der Waals surface area (Å²) in [6.07, 6.45) is -0.357. The van der Waals surface area contributed by atoms with Crippen molar-refractivity contribution < 1.29 is 9.53 Å². The van der Waals surface area contributed by atoms with Crippen molar-refractivity contribution in [3.63, 3.8) is 0 Å². The molecule has 0 aliphatic carbocycles. The summed E-state index contributed by atoms with van der Waals surface area (Å²) in [7, 11) is 0. The summed E-state index contributed by atoms with van der Waals surface area (Å²) >= 11 is 0. The van der Waals surface area contributed by atoms with Crippen LogP contribution in [-0.4, -0.2) is 28.8 Å². The van der Waals surface area contributed by atoms with Crippen LogP contribution in [0.2, 0.25) is 0 Å². The van der Waals surface area contributed by atoms with Gasteiger partial charge in [0.15, 0.2) is 0 Å². The van der Waals surface area contributed by atoms with Crippen LogP contribution in [0.15, 0.2) is 39.9 Å². The highest BCUT2D eigenvalue weighted by Gasteiger charge is 2.24. The SMILES string of the molecule is CC(C)n1c(=O)cc(N[C@@H](C)c2cccc(N3CCOC3=O)c2)[nH]c1=O. The first-order valence-corrected chi connectivity index (χ1v) is 8.53. The standard InChI is InChI=1S/C18H22N4O4/c1-11(2)22-16(23)10-15(20-17(22)24)19-12(3)13-5-4-6-14(9-13)21-7-8-26-18(21)25/h4-6,9-12,19H,7-8H2,1-3H3,(H,20,24)/t12-/m0/s1. The normalized spacial score (nSPS) is 15.2. The Labute approximate surface area is 150 Å². The van der Waals surface area contributed by atoms with Gasteiger partial charge in [0.25, 0.3) is 5.56 Å². The number of cyclic esters (lactones) is 1. The number of carbonyl (C=O) groups excluding carboxylic acids is 1. The average Bonchev–Trinajstić information content (AvgIpc) is 3.00. The molecule has 0 unspecified atom stereocenters. The van der Waals surface area contributed by atoms with Gasteiger partial charge in [-0.1, -0.05) is 12.1 Å². The number of anilines is 2. The van der Waals surface area contributed by atoms with E-state index in [1.807, 2.05) is 31.2 Å². The Balaban J connectivity index is 1.82. The zero-order valence-corrected chi connectivity index (χ0v) is 15.0. The number of nitrogens with zero attached hydrogens (tertiary/aromatic N) is 2. The first-order chi connectivity index (χ1) is 12.4. The number of H-pyrrole nitrogens is 1. The number of rotatable bonds is 5. The molecule has 2 aromatic rings. The van der Waals surface area contributed by atoms with E-state index in [9.17, 15) is 14.4 Å². The monoisotopic (exact) mass is 358 g/mol. The van der Waals surface area contributed by atoms with E-state index in [2.05, 4.69) is 10.3 Å². The molecule has 0 radical (unpaired) electrons. The summed E-state index contributed by atoms with van der Waals surface area (Å²) in [5.41, 5.74) is 0.862. The zero-order valence-electron chi connectivity index (χ0n) is 15.0. The van der Waals surface area contributed by atoms with Crippen LogP contribution in [-0.2, 0) is 4.74 Å². The second-order valence-corrected chi connectivity index (χ2v) is 6.52. The third-order valence-electron chi connectivity index (χ3n) is 4.30. The fourth-order valence-corrected chi connectivity index (χ4v) is 2.98. The lowest BCUT2D eigenvalue weighted by Gasteiger charge is -2.19. The Morgan fingerprint density at radius 2 is 1.92 bits per heavy atom. The molecule has 2 N–H and O–H groups in total. The smallest absolute Gasteiger partial charge is 0.414 e. The second-order valence-electron chi connectivity index (χ2n) is 6.52. The summed E-state index contributed by atoms with van der Waals surface area (Å²) < 4.78 is 6.13. The lowest BCUT2D eigenvalue weighted by atomic mass is 10.1. The number of ether oxygens (including phenoxy) is 1. The van der Waals surface area contributed by atoms with Gasteiger partial charge in [-0.15, -0.1) is 0 Å². The molecular weight excluding hydrogens is 336 g/mol. The van der Waals surface area contributed by atoms with E-state index in [1.165, 1.54) is 6.07 Å². The number of hydrogen-bond donors (Lipinski definition) is 2. The van der Waals surface area contributed by atoms with Crippen LogP contribution in [0.25, 0.3) is 0 Å². The fourth-order valence-electron chi connectivity index (χ4n) is 2.98. The molecule has 0 bridgehead atoms. The molecule has 0 saturated carbocycles. The molecule has 3 rings (SSSR count). The summed E-state index contributed by atoms with van der Waals surface area (Å²) in [5.74, 6) is 0.357. The molecular formula is C18H22N4O4. The van der Waals surface area contributed by atoms with E-state index >= 15 is 0 Å². The highest BCUT2D eigenvalue weighted by Crippen LogP contribution is 2.24. The van der Waals surface area contributed by atoms with E-state index < -0.39 is 5.69 Å². The number of benzene rings is 1. The topological polar surface area (TPSA) is 96.4 Å². The van der Waals surface area contributed by atoms with Crippen molar-refractivity contribution in [1.82, 2.24) is 9.55 Å². The van der Waals surface area contributed by atoms with Gasteiger partial charge in [0.2, 0.25) is 0 Å². The van der Waals surface area contributed by atoms with Gasteiger partial charge in [0, 0.05) is 23.8 Å². The predicted octanol–water partition coefficient (Wildman–Crippen LogP) is 2.25. The van der Waals surface area contributed by atoms with Crippen molar-refractivity contribution in [2.24, 2.45) is 0 Å². The quantitative estimate of drug-likeness (QED) is 0.854. The van der Waals surface area contributed by atoms with Crippen molar-refractivity contribution in [2.45, 2.75) is 32.9 Å². The third kappa shape index (κ3) is 3.49. The Morgan fingerprint density at radius 3 is 2.54 bits per heavy atom. The molecule has 26 heavy (non-hydrogen) atoms. The molecule has 1 aromatic heterocycles. The van der Waals surface area contributed by atoms with E-state index in [1.54, 1.807) is 18.7 Å². The number of nitrogens with one attached hydrogen (secondary N) is 2. The van der Waals surface area contributed by atoms with Crippen LogP contribution in [0.5, 0.6) is 0 Å². The molecule has 1 atom stereocenters. The maximum atomic E-state index is 12.1. The largest absolute Gasteiger partial charge is 0.447 e. The van der Waals surface area contributed by atoms with E-state index in [0.717, 1.165) is 15.8 Å². The molecule has 2 heterocycles. The summed E-state index contributed by atoms with van der Waals surface area (Å²) in [6.45, 7) is 6.37. The highest BCUT2D eigenvalue weighted by molar-refractivity contribution is 5.89. The van der Waals surface area contributed by atoms with Crippen molar-refractivity contribution in [1.29, 1.82) is 0 Å². The molecule has 1 amide bonds. The first kappa shape index (κ1) is 17.8. The molecule has 1 fully saturated rings. The highest BCUT2D eigenvalue weighted by atomic mass is 16.6. The van der Waals surface area contributed by atoms with Gasteiger partial charge in [-0.25, -0.2) is 9.59 Å². The second kappa shape index (κ2) is 7.07. The Kier molecular flexibility index (Phi) is 4.83. The lowest BCUT2D eigenvalue weighted by molar-refractivity contribution is 0.181. The zero-order chi connectivity index (χ0) is 18.8. The maximum absolute atomic E-state index is 12.1. The van der Waals surface area contributed by atoms with Crippen molar-refractivity contribution in [3.05, 3.63) is 56.7 Å². The van der Waals surface area contributed by atoms with E-state index in [-0.39, 0.29) is 23.7 Å². The number of hydrogen-bond acceptors (Lipinski definition) is 5. The van der Waals surface area contributed by atoms with Gasteiger partial charge in [-0.05, 0) is 38.5 Å². The van der Waals surface area contributed by atoms with Gasteiger partial charge in [-0.2, -0.15) is 0 Å². The van der Waals surface area contributed by atoms with Gasteiger partial charge in [-0.3, -0.25) is 19.2 Å². The number of carbonyl (C=O) groups is 1. The van der Waals surface area contributed by atoms with Gasteiger partial charge < -0.3 is 10.1 Å². The fraction of sp³-hybridized carbons (Fsp3) is 0.389. The average molecular weight is 358 g/mol. The van der Waals surface area contributed by atoms with E-state index in [4.69, 9.17) is 4.74 Å². The Hall–Kier alpha value is -3.03. The van der Waals surface area contributed by atoms with Crippen LogP contribution >= 0.6 is 0 Å². The minimum absolute atomic E-state index is 0.182. The summed E-state index contributed by atoms with van der Waals surface area (Å²) in [4.78, 5) is 40.2. The van der Waals surface area contributed by atoms with Crippen LogP contribution < -0.4 is 21.5 Å². The van der Waals surface area contributed by atoms with Crippen LogP contribution in [0.3, 0.4) is 0 Å². The summed E-state index contributed by atoms with van der Waals surface area (Å²) in [6, 6.07) is 8.48. The number of aromatic nitrogens is 2. The van der Waals surface area contributed by atoms with Gasteiger partial charge in [0.1, 0.15) is 12.4 Å². The predicted molar refractivity (Wildman–Crippen MR) is 98.9 cm³/mol. The minimum atomic E-state index is -0.448. The molecule has 138 valence electrons. The Morgan fingerprint density at radius 1 is 1.15 bits per heavy atom.